The van der Waals surface area contributed by atoms with Gasteiger partial charge in [-0.1, -0.05) is 37.3 Å². The van der Waals surface area contributed by atoms with Crippen LogP contribution in [0, 0.1) is 5.92 Å². The summed E-state index contributed by atoms with van der Waals surface area (Å²) in [5.41, 5.74) is 2.27. The van der Waals surface area contributed by atoms with Gasteiger partial charge in [-0.3, -0.25) is 14.3 Å². The Morgan fingerprint density at radius 2 is 1.89 bits per heavy atom. The Morgan fingerprint density at radius 1 is 1.15 bits per heavy atom. The minimum atomic E-state index is -0.647. The number of benzene rings is 1. The van der Waals surface area contributed by atoms with Gasteiger partial charge in [-0.05, 0) is 23.6 Å². The second-order valence-corrected chi connectivity index (χ2v) is 7.06. The van der Waals surface area contributed by atoms with Crippen LogP contribution in [0.5, 0.6) is 0 Å². The van der Waals surface area contributed by atoms with E-state index in [0.717, 1.165) is 17.7 Å². The van der Waals surface area contributed by atoms with Gasteiger partial charge in [0.25, 0.3) is 5.56 Å². The van der Waals surface area contributed by atoms with E-state index in [9.17, 15) is 9.90 Å². The summed E-state index contributed by atoms with van der Waals surface area (Å²) in [7, 11) is 0. The summed E-state index contributed by atoms with van der Waals surface area (Å²) in [6.07, 6.45) is 2.73. The van der Waals surface area contributed by atoms with Crippen molar-refractivity contribution in [3.05, 3.63) is 76.8 Å². The molecule has 4 rings (SSSR count). The Hall–Kier alpha value is -2.99. The van der Waals surface area contributed by atoms with Crippen LogP contribution in [0.15, 0.2) is 65.7 Å². The van der Waals surface area contributed by atoms with Crippen molar-refractivity contribution in [3.63, 3.8) is 0 Å². The molecule has 6 nitrogen and oxygen atoms in total. The third-order valence-corrected chi connectivity index (χ3v) is 4.85. The van der Waals surface area contributed by atoms with E-state index in [1.165, 1.54) is 0 Å². The maximum Gasteiger partial charge on any atom is 0.255 e. The van der Waals surface area contributed by atoms with Gasteiger partial charge in [-0.25, -0.2) is 4.98 Å². The van der Waals surface area contributed by atoms with Crippen LogP contribution in [-0.2, 0) is 6.54 Å². The highest BCUT2D eigenvalue weighted by molar-refractivity contribution is 5.59. The summed E-state index contributed by atoms with van der Waals surface area (Å²) in [5, 5.41) is 10.7. The van der Waals surface area contributed by atoms with Crippen LogP contribution >= 0.6 is 0 Å². The van der Waals surface area contributed by atoms with Crippen molar-refractivity contribution < 1.29 is 5.11 Å². The number of hydrogen-bond donors (Lipinski definition) is 1. The van der Waals surface area contributed by atoms with Crippen molar-refractivity contribution in [2.24, 2.45) is 5.92 Å². The van der Waals surface area contributed by atoms with Crippen LogP contribution in [0.4, 0.5) is 5.95 Å². The normalized spacial score (nSPS) is 17.4. The molecule has 27 heavy (non-hydrogen) atoms. The molecule has 0 spiro atoms. The van der Waals surface area contributed by atoms with Crippen LogP contribution < -0.4 is 10.5 Å². The van der Waals surface area contributed by atoms with Crippen molar-refractivity contribution >= 4 is 5.95 Å². The molecule has 0 saturated carbocycles. The number of pyridine rings is 1. The molecule has 3 heterocycles. The van der Waals surface area contributed by atoms with E-state index in [4.69, 9.17) is 4.98 Å². The number of aliphatic hydroxyl groups is 1. The fourth-order valence-electron chi connectivity index (χ4n) is 3.55. The maximum absolute atomic E-state index is 12.7. The molecule has 0 saturated heterocycles. The lowest BCUT2D eigenvalue weighted by molar-refractivity contribution is 0.179. The van der Waals surface area contributed by atoms with Crippen LogP contribution in [0.3, 0.4) is 0 Å². The molecule has 0 fully saturated rings. The SMILES string of the molecule is CC1CN(CC(O)c2ccccc2)c2nc(-c3ccncc3)cc(=O)n2C1. The maximum atomic E-state index is 12.7. The van der Waals surface area contributed by atoms with E-state index in [0.29, 0.717) is 30.6 Å². The third kappa shape index (κ3) is 3.61. The highest BCUT2D eigenvalue weighted by atomic mass is 16.3. The molecule has 0 radical (unpaired) electrons. The number of aliphatic hydroxyl groups excluding tert-OH is 1. The van der Waals surface area contributed by atoms with Gasteiger partial charge < -0.3 is 10.0 Å². The van der Waals surface area contributed by atoms with Crippen molar-refractivity contribution in [1.29, 1.82) is 0 Å². The van der Waals surface area contributed by atoms with E-state index >= 15 is 0 Å². The van der Waals surface area contributed by atoms with E-state index in [2.05, 4.69) is 11.9 Å². The topological polar surface area (TPSA) is 71.2 Å². The number of anilines is 1. The van der Waals surface area contributed by atoms with Crippen molar-refractivity contribution in [1.82, 2.24) is 14.5 Å². The Bertz CT molecular complexity index is 972. The number of β-amino-alcohol motifs (C(OH)–C–C–N with tert-alkyl or cyclic N) is 1. The first-order chi connectivity index (χ1) is 13.1. The summed E-state index contributed by atoms with van der Waals surface area (Å²) in [6.45, 7) is 3.88. The van der Waals surface area contributed by atoms with E-state index in [-0.39, 0.29) is 5.56 Å². The van der Waals surface area contributed by atoms with Gasteiger partial charge in [0.1, 0.15) is 0 Å². The number of nitrogens with zero attached hydrogens (tertiary/aromatic N) is 4. The molecule has 6 heteroatoms. The minimum absolute atomic E-state index is 0.0717. The molecule has 1 N–H and O–H groups in total. The molecule has 1 aliphatic rings. The zero-order valence-corrected chi connectivity index (χ0v) is 15.2. The fraction of sp³-hybridized carbons (Fsp3) is 0.286. The smallest absolute Gasteiger partial charge is 0.255 e. The predicted octanol–water partition coefficient (Wildman–Crippen LogP) is 2.50. The monoisotopic (exact) mass is 362 g/mol. The zero-order valence-electron chi connectivity index (χ0n) is 15.2. The average Bonchev–Trinajstić information content (AvgIpc) is 2.70. The zero-order chi connectivity index (χ0) is 18.8. The predicted molar refractivity (Wildman–Crippen MR) is 105 cm³/mol. The van der Waals surface area contributed by atoms with Crippen LogP contribution in [-0.4, -0.2) is 32.7 Å². The lowest BCUT2D eigenvalue weighted by atomic mass is 10.1. The lowest BCUT2D eigenvalue weighted by Crippen LogP contribution is -2.44. The van der Waals surface area contributed by atoms with Crippen LogP contribution in [0.25, 0.3) is 11.3 Å². The van der Waals surface area contributed by atoms with Crippen molar-refractivity contribution in [2.45, 2.75) is 19.6 Å². The van der Waals surface area contributed by atoms with Crippen molar-refractivity contribution in [3.8, 4) is 11.3 Å². The minimum Gasteiger partial charge on any atom is -0.387 e. The highest BCUT2D eigenvalue weighted by Gasteiger charge is 2.26. The molecule has 1 aromatic carbocycles. The second kappa shape index (κ2) is 7.32. The Labute approximate surface area is 157 Å². The molecule has 2 unspecified atom stereocenters. The lowest BCUT2D eigenvalue weighted by Gasteiger charge is -2.35. The van der Waals surface area contributed by atoms with E-state index in [1.54, 1.807) is 23.0 Å². The summed E-state index contributed by atoms with van der Waals surface area (Å²) >= 11 is 0. The molecule has 0 amide bonds. The molecule has 2 aromatic heterocycles. The van der Waals surface area contributed by atoms with Gasteiger partial charge in [-0.15, -0.1) is 0 Å². The largest absolute Gasteiger partial charge is 0.387 e. The van der Waals surface area contributed by atoms with Crippen molar-refractivity contribution in [2.75, 3.05) is 18.0 Å². The standard InChI is InChI=1S/C21H22N4O2/c1-15-12-24(14-19(26)17-5-3-2-4-6-17)21-23-18(11-20(27)25(21)13-15)16-7-9-22-10-8-16/h2-11,15,19,26H,12-14H2,1H3. The Kier molecular flexibility index (Phi) is 4.73. The first-order valence-electron chi connectivity index (χ1n) is 9.12. The average molecular weight is 362 g/mol. The van der Waals surface area contributed by atoms with Gasteiger partial charge in [0.2, 0.25) is 5.95 Å². The molecule has 0 bridgehead atoms. The quantitative estimate of drug-likeness (QED) is 0.772. The molecule has 1 aliphatic heterocycles. The third-order valence-electron chi connectivity index (χ3n) is 4.85. The van der Waals surface area contributed by atoms with Gasteiger partial charge in [0.05, 0.1) is 18.3 Å². The second-order valence-electron chi connectivity index (χ2n) is 7.06. The number of rotatable bonds is 4. The van der Waals surface area contributed by atoms with Gasteiger partial charge in [0, 0.05) is 37.1 Å². The first kappa shape index (κ1) is 17.4. The van der Waals surface area contributed by atoms with Gasteiger partial charge >= 0.3 is 0 Å². The summed E-state index contributed by atoms with van der Waals surface area (Å²) in [5.74, 6) is 0.911. The Morgan fingerprint density at radius 3 is 2.63 bits per heavy atom. The summed E-state index contributed by atoms with van der Waals surface area (Å²) in [6, 6.07) is 14.8. The summed E-state index contributed by atoms with van der Waals surface area (Å²) < 4.78 is 1.70. The van der Waals surface area contributed by atoms with Crippen LogP contribution in [0.1, 0.15) is 18.6 Å². The summed E-state index contributed by atoms with van der Waals surface area (Å²) in [4.78, 5) is 23.5. The van der Waals surface area contributed by atoms with E-state index in [1.807, 2.05) is 47.4 Å². The van der Waals surface area contributed by atoms with E-state index < -0.39 is 6.10 Å². The molecular weight excluding hydrogens is 340 g/mol. The Balaban J connectivity index is 1.71. The molecule has 2 atom stereocenters. The number of aromatic nitrogens is 3. The molecular formula is C21H22N4O2. The molecule has 3 aromatic rings. The highest BCUT2D eigenvalue weighted by Crippen LogP contribution is 2.26. The number of hydrogen-bond acceptors (Lipinski definition) is 5. The van der Waals surface area contributed by atoms with Gasteiger partial charge in [0.15, 0.2) is 0 Å². The fourth-order valence-corrected chi connectivity index (χ4v) is 3.55. The number of fused-ring (bicyclic) bond motifs is 1. The van der Waals surface area contributed by atoms with Gasteiger partial charge in [-0.2, -0.15) is 0 Å². The molecule has 138 valence electrons. The molecule has 0 aliphatic carbocycles. The first-order valence-corrected chi connectivity index (χ1v) is 9.12. The van der Waals surface area contributed by atoms with Crippen LogP contribution in [0.2, 0.25) is 0 Å².